The molecule has 1 aromatic rings. The molecule has 0 bridgehead atoms. The Hall–Kier alpha value is -0.420. The van der Waals surface area contributed by atoms with Crippen LogP contribution in [0.2, 0.25) is 0 Å². The molecule has 0 aromatic carbocycles. The zero-order chi connectivity index (χ0) is 12.6. The summed E-state index contributed by atoms with van der Waals surface area (Å²) in [4.78, 5) is 1.34. The van der Waals surface area contributed by atoms with E-state index in [9.17, 15) is 0 Å². The molecule has 2 N–H and O–H groups in total. The molecule has 3 atom stereocenters. The van der Waals surface area contributed by atoms with Gasteiger partial charge >= 0.3 is 0 Å². The second kappa shape index (κ2) is 4.93. The quantitative estimate of drug-likeness (QED) is 0.896. The van der Waals surface area contributed by atoms with Gasteiger partial charge in [0.05, 0.1) is 12.2 Å². The van der Waals surface area contributed by atoms with Crippen LogP contribution in [-0.4, -0.2) is 25.4 Å². The van der Waals surface area contributed by atoms with E-state index < -0.39 is 0 Å². The maximum Gasteiger partial charge on any atom is 0.0940 e. The minimum atomic E-state index is -0.0360. The van der Waals surface area contributed by atoms with Crippen molar-refractivity contribution in [3.63, 3.8) is 0 Å². The highest BCUT2D eigenvalue weighted by Crippen LogP contribution is 2.41. The van der Waals surface area contributed by atoms with Gasteiger partial charge in [-0.2, -0.15) is 0 Å². The first-order chi connectivity index (χ1) is 8.70. The molecule has 2 saturated heterocycles. The number of thiophene rings is 1. The van der Waals surface area contributed by atoms with Crippen molar-refractivity contribution >= 4 is 11.3 Å². The molecule has 100 valence electrons. The fraction of sp³-hybridized carbons (Fsp3) is 0.714. The van der Waals surface area contributed by atoms with Gasteiger partial charge in [0, 0.05) is 30.6 Å². The first-order valence-electron chi connectivity index (χ1n) is 6.71. The number of hydrogen-bond acceptors (Lipinski definition) is 4. The lowest BCUT2D eigenvalue weighted by Crippen LogP contribution is -2.43. The van der Waals surface area contributed by atoms with Crippen molar-refractivity contribution in [1.29, 1.82) is 0 Å². The van der Waals surface area contributed by atoms with E-state index in [2.05, 4.69) is 18.4 Å². The molecule has 0 saturated carbocycles. The van der Waals surface area contributed by atoms with Crippen LogP contribution in [0.3, 0.4) is 0 Å². The minimum absolute atomic E-state index is 0.0360. The Labute approximate surface area is 112 Å². The SMILES string of the molecule is Cc1ccsc1C(N)C1CCOC2(CCOC2)C1. The third-order valence-electron chi connectivity index (χ3n) is 4.31. The summed E-state index contributed by atoms with van der Waals surface area (Å²) in [6, 6.07) is 2.32. The van der Waals surface area contributed by atoms with Crippen LogP contribution < -0.4 is 5.73 Å². The lowest BCUT2D eigenvalue weighted by atomic mass is 9.80. The van der Waals surface area contributed by atoms with E-state index in [4.69, 9.17) is 15.2 Å². The van der Waals surface area contributed by atoms with Crippen LogP contribution in [0, 0.1) is 12.8 Å². The Morgan fingerprint density at radius 3 is 3.06 bits per heavy atom. The highest BCUT2D eigenvalue weighted by Gasteiger charge is 2.42. The normalized spacial score (nSPS) is 34.0. The van der Waals surface area contributed by atoms with E-state index in [1.165, 1.54) is 10.4 Å². The predicted octanol–water partition coefficient (Wildman–Crippen LogP) is 2.64. The maximum absolute atomic E-state index is 6.48. The topological polar surface area (TPSA) is 44.5 Å². The Balaban J connectivity index is 1.74. The third kappa shape index (κ3) is 2.23. The minimum Gasteiger partial charge on any atom is -0.378 e. The Kier molecular flexibility index (Phi) is 3.45. The molecular formula is C14H21NO2S. The van der Waals surface area contributed by atoms with Gasteiger partial charge in [-0.25, -0.2) is 0 Å². The van der Waals surface area contributed by atoms with Crippen LogP contribution in [0.5, 0.6) is 0 Å². The lowest BCUT2D eigenvalue weighted by molar-refractivity contribution is -0.101. The number of aryl methyl sites for hydroxylation is 1. The molecule has 1 aromatic heterocycles. The van der Waals surface area contributed by atoms with Gasteiger partial charge in [0.15, 0.2) is 0 Å². The number of nitrogens with two attached hydrogens (primary N) is 1. The van der Waals surface area contributed by atoms with Crippen LogP contribution in [0.15, 0.2) is 11.4 Å². The summed E-state index contributed by atoms with van der Waals surface area (Å²) >= 11 is 1.79. The van der Waals surface area contributed by atoms with Gasteiger partial charge in [0.25, 0.3) is 0 Å². The summed E-state index contributed by atoms with van der Waals surface area (Å²) in [5.74, 6) is 0.526. The van der Waals surface area contributed by atoms with E-state index in [0.29, 0.717) is 5.92 Å². The fourth-order valence-corrected chi connectivity index (χ4v) is 4.20. The Morgan fingerprint density at radius 1 is 1.50 bits per heavy atom. The van der Waals surface area contributed by atoms with Crippen molar-refractivity contribution < 1.29 is 9.47 Å². The molecule has 3 nitrogen and oxygen atoms in total. The van der Waals surface area contributed by atoms with Crippen LogP contribution in [-0.2, 0) is 9.47 Å². The summed E-state index contributed by atoms with van der Waals surface area (Å²) in [6.07, 6.45) is 3.14. The summed E-state index contributed by atoms with van der Waals surface area (Å²) in [7, 11) is 0. The summed E-state index contributed by atoms with van der Waals surface area (Å²) in [5.41, 5.74) is 7.77. The van der Waals surface area contributed by atoms with E-state index in [0.717, 1.165) is 39.1 Å². The second-order valence-electron chi connectivity index (χ2n) is 5.58. The molecule has 3 unspecified atom stereocenters. The van der Waals surface area contributed by atoms with Gasteiger partial charge in [0.2, 0.25) is 0 Å². The van der Waals surface area contributed by atoms with Gasteiger partial charge in [-0.15, -0.1) is 11.3 Å². The van der Waals surface area contributed by atoms with Crippen molar-refractivity contribution in [3.8, 4) is 0 Å². The van der Waals surface area contributed by atoms with Crippen LogP contribution >= 0.6 is 11.3 Å². The van der Waals surface area contributed by atoms with Crippen LogP contribution in [0.25, 0.3) is 0 Å². The van der Waals surface area contributed by atoms with Crippen molar-refractivity contribution in [3.05, 3.63) is 21.9 Å². The highest BCUT2D eigenvalue weighted by atomic mass is 32.1. The molecule has 2 aliphatic rings. The van der Waals surface area contributed by atoms with Gasteiger partial charge in [-0.1, -0.05) is 0 Å². The van der Waals surface area contributed by atoms with Crippen LogP contribution in [0.1, 0.15) is 35.7 Å². The Morgan fingerprint density at radius 2 is 2.39 bits per heavy atom. The Bertz CT molecular complexity index is 412. The zero-order valence-electron chi connectivity index (χ0n) is 10.9. The maximum atomic E-state index is 6.48. The number of rotatable bonds is 2. The van der Waals surface area contributed by atoms with Gasteiger partial charge in [-0.05, 0) is 42.7 Å². The average Bonchev–Trinajstić information content (AvgIpc) is 2.98. The molecule has 0 aliphatic carbocycles. The summed E-state index contributed by atoms with van der Waals surface area (Å²) in [5, 5.41) is 2.14. The van der Waals surface area contributed by atoms with Crippen LogP contribution in [0.4, 0.5) is 0 Å². The molecule has 3 heterocycles. The predicted molar refractivity (Wildman–Crippen MR) is 72.8 cm³/mol. The van der Waals surface area contributed by atoms with E-state index >= 15 is 0 Å². The zero-order valence-corrected chi connectivity index (χ0v) is 11.7. The number of hydrogen-bond donors (Lipinski definition) is 1. The molecular weight excluding hydrogens is 246 g/mol. The third-order valence-corrected chi connectivity index (χ3v) is 5.43. The molecule has 1 spiro atoms. The summed E-state index contributed by atoms with van der Waals surface area (Å²) in [6.45, 7) is 4.56. The second-order valence-corrected chi connectivity index (χ2v) is 6.53. The average molecular weight is 267 g/mol. The van der Waals surface area contributed by atoms with Crippen molar-refractivity contribution in [2.75, 3.05) is 19.8 Å². The van der Waals surface area contributed by atoms with E-state index in [1.54, 1.807) is 11.3 Å². The first kappa shape index (κ1) is 12.6. The van der Waals surface area contributed by atoms with Crippen molar-refractivity contribution in [2.45, 2.75) is 37.8 Å². The highest BCUT2D eigenvalue weighted by molar-refractivity contribution is 7.10. The van der Waals surface area contributed by atoms with Crippen molar-refractivity contribution in [2.24, 2.45) is 11.7 Å². The largest absolute Gasteiger partial charge is 0.378 e. The summed E-state index contributed by atoms with van der Waals surface area (Å²) < 4.78 is 11.5. The standard InChI is InChI=1S/C14H21NO2S/c1-10-3-7-18-13(10)12(15)11-2-5-17-14(8-11)4-6-16-9-14/h3,7,11-12H,2,4-6,8-9,15H2,1H3. The monoisotopic (exact) mass is 267 g/mol. The molecule has 3 rings (SSSR count). The smallest absolute Gasteiger partial charge is 0.0940 e. The van der Waals surface area contributed by atoms with Gasteiger partial charge < -0.3 is 15.2 Å². The molecule has 2 fully saturated rings. The molecule has 18 heavy (non-hydrogen) atoms. The fourth-order valence-electron chi connectivity index (χ4n) is 3.18. The first-order valence-corrected chi connectivity index (χ1v) is 7.59. The molecule has 2 aliphatic heterocycles. The van der Waals surface area contributed by atoms with E-state index in [-0.39, 0.29) is 11.6 Å². The van der Waals surface area contributed by atoms with Gasteiger partial charge in [-0.3, -0.25) is 0 Å². The number of ether oxygens (including phenoxy) is 2. The molecule has 0 amide bonds. The molecule has 4 heteroatoms. The lowest BCUT2D eigenvalue weighted by Gasteiger charge is -2.39. The molecule has 0 radical (unpaired) electrons. The van der Waals surface area contributed by atoms with E-state index in [1.807, 2.05) is 0 Å². The van der Waals surface area contributed by atoms with Crippen molar-refractivity contribution in [1.82, 2.24) is 0 Å². The van der Waals surface area contributed by atoms with Gasteiger partial charge in [0.1, 0.15) is 0 Å².